The average Bonchev–Trinajstić information content (AvgIpc) is 2.29. The lowest BCUT2D eigenvalue weighted by Crippen LogP contribution is -2.34. The Balaban J connectivity index is 2.38. The molecular formula is C13H11F3O. The van der Waals surface area contributed by atoms with Gasteiger partial charge in [0, 0.05) is 6.42 Å². The van der Waals surface area contributed by atoms with Gasteiger partial charge in [-0.1, -0.05) is 48.6 Å². The number of hydrogen-bond donors (Lipinski definition) is 0. The van der Waals surface area contributed by atoms with Gasteiger partial charge in [-0.2, -0.15) is 0 Å². The number of alkyl halides is 3. The molecule has 90 valence electrons. The highest BCUT2D eigenvalue weighted by Gasteiger charge is 2.43. The van der Waals surface area contributed by atoms with Crippen LogP contribution in [0.5, 0.6) is 0 Å². The highest BCUT2D eigenvalue weighted by atomic mass is 19.4. The zero-order valence-corrected chi connectivity index (χ0v) is 8.95. The number of benzene rings is 1. The second kappa shape index (κ2) is 4.37. The average molecular weight is 240 g/mol. The molecule has 0 saturated heterocycles. The van der Waals surface area contributed by atoms with Crippen molar-refractivity contribution >= 4 is 0 Å². The van der Waals surface area contributed by atoms with Gasteiger partial charge in [0.2, 0.25) is 0 Å². The van der Waals surface area contributed by atoms with Crippen LogP contribution in [0.3, 0.4) is 0 Å². The summed E-state index contributed by atoms with van der Waals surface area (Å²) in [5.41, 5.74) is -0.938. The Morgan fingerprint density at radius 1 is 1.06 bits per heavy atom. The van der Waals surface area contributed by atoms with Crippen molar-refractivity contribution in [2.45, 2.75) is 18.4 Å². The number of ether oxygens (including phenoxy) is 1. The molecule has 0 aliphatic heterocycles. The molecule has 17 heavy (non-hydrogen) atoms. The Bertz CT molecular complexity index is 434. The molecule has 0 heterocycles. The van der Waals surface area contributed by atoms with Crippen molar-refractivity contribution < 1.29 is 17.9 Å². The van der Waals surface area contributed by atoms with Crippen molar-refractivity contribution in [3.8, 4) is 0 Å². The Kier molecular flexibility index (Phi) is 3.07. The smallest absolute Gasteiger partial charge is 0.276 e. The molecule has 1 aliphatic rings. The maximum atomic E-state index is 12.5. The van der Waals surface area contributed by atoms with Crippen LogP contribution in [0.2, 0.25) is 0 Å². The molecule has 0 saturated carbocycles. The van der Waals surface area contributed by atoms with E-state index in [1.807, 2.05) is 0 Å². The molecule has 4 heteroatoms. The van der Waals surface area contributed by atoms with Gasteiger partial charge in [-0.25, -0.2) is 0 Å². The van der Waals surface area contributed by atoms with Crippen LogP contribution in [0, 0.1) is 0 Å². The van der Waals surface area contributed by atoms with Gasteiger partial charge in [0.05, 0.1) is 0 Å². The fourth-order valence-electron chi connectivity index (χ4n) is 1.88. The SMILES string of the molecule is FC(F)(F)OC1(c2ccccc2)C=CC=CC1. The lowest BCUT2D eigenvalue weighted by atomic mass is 9.87. The summed E-state index contributed by atoms with van der Waals surface area (Å²) in [5, 5.41) is 0. The number of hydrogen-bond acceptors (Lipinski definition) is 1. The quantitative estimate of drug-likeness (QED) is 0.760. The minimum Gasteiger partial charge on any atom is -0.276 e. The van der Waals surface area contributed by atoms with Crippen LogP contribution >= 0.6 is 0 Å². The van der Waals surface area contributed by atoms with Crippen molar-refractivity contribution in [2.24, 2.45) is 0 Å². The summed E-state index contributed by atoms with van der Waals surface area (Å²) in [5.74, 6) is 0. The fraction of sp³-hybridized carbons (Fsp3) is 0.231. The van der Waals surface area contributed by atoms with E-state index in [0.717, 1.165) is 0 Å². The first-order valence-electron chi connectivity index (χ1n) is 5.19. The van der Waals surface area contributed by atoms with Gasteiger partial charge in [-0.05, 0) is 11.6 Å². The third-order valence-corrected chi connectivity index (χ3v) is 2.59. The van der Waals surface area contributed by atoms with Crippen molar-refractivity contribution in [2.75, 3.05) is 0 Å². The van der Waals surface area contributed by atoms with Crippen LogP contribution in [-0.2, 0) is 10.3 Å². The van der Waals surface area contributed by atoms with Gasteiger partial charge in [0.1, 0.15) is 5.60 Å². The Hall–Kier alpha value is -1.55. The van der Waals surface area contributed by atoms with Crippen LogP contribution in [-0.4, -0.2) is 6.36 Å². The molecule has 0 bridgehead atoms. The molecule has 2 rings (SSSR count). The first kappa shape index (κ1) is 11.9. The molecule has 1 unspecified atom stereocenters. The van der Waals surface area contributed by atoms with Crippen LogP contribution in [0.15, 0.2) is 54.6 Å². The van der Waals surface area contributed by atoms with E-state index < -0.39 is 12.0 Å². The molecule has 1 nitrogen and oxygen atoms in total. The van der Waals surface area contributed by atoms with E-state index in [0.29, 0.717) is 5.56 Å². The van der Waals surface area contributed by atoms with Gasteiger partial charge in [0.25, 0.3) is 0 Å². The zero-order valence-electron chi connectivity index (χ0n) is 8.95. The molecule has 1 aromatic carbocycles. The van der Waals surface area contributed by atoms with E-state index >= 15 is 0 Å². The van der Waals surface area contributed by atoms with Crippen molar-refractivity contribution in [1.29, 1.82) is 0 Å². The van der Waals surface area contributed by atoms with E-state index in [9.17, 15) is 13.2 Å². The maximum Gasteiger partial charge on any atom is 0.523 e. The zero-order chi connectivity index (χ0) is 12.4. The maximum absolute atomic E-state index is 12.5. The molecule has 0 aromatic heterocycles. The van der Waals surface area contributed by atoms with Gasteiger partial charge < -0.3 is 0 Å². The van der Waals surface area contributed by atoms with Gasteiger partial charge in [0.15, 0.2) is 0 Å². The second-order valence-corrected chi connectivity index (χ2v) is 3.79. The first-order valence-corrected chi connectivity index (χ1v) is 5.19. The molecule has 0 fully saturated rings. The molecular weight excluding hydrogens is 229 g/mol. The van der Waals surface area contributed by atoms with E-state index in [2.05, 4.69) is 4.74 Å². The van der Waals surface area contributed by atoms with Gasteiger partial charge in [-0.15, -0.1) is 13.2 Å². The summed E-state index contributed by atoms with van der Waals surface area (Å²) in [7, 11) is 0. The summed E-state index contributed by atoms with van der Waals surface area (Å²) in [6, 6.07) is 8.42. The lowest BCUT2D eigenvalue weighted by Gasteiger charge is -2.32. The van der Waals surface area contributed by atoms with Crippen LogP contribution in [0.1, 0.15) is 12.0 Å². The monoisotopic (exact) mass is 240 g/mol. The van der Waals surface area contributed by atoms with Gasteiger partial charge >= 0.3 is 6.36 Å². The second-order valence-electron chi connectivity index (χ2n) is 3.79. The minimum atomic E-state index is -4.66. The normalized spacial score (nSPS) is 23.9. The highest BCUT2D eigenvalue weighted by molar-refractivity contribution is 5.32. The van der Waals surface area contributed by atoms with Crippen molar-refractivity contribution in [1.82, 2.24) is 0 Å². The number of rotatable bonds is 2. The van der Waals surface area contributed by atoms with Gasteiger partial charge in [-0.3, -0.25) is 4.74 Å². The predicted octanol–water partition coefficient (Wildman–Crippen LogP) is 3.93. The Morgan fingerprint density at radius 3 is 2.29 bits per heavy atom. The van der Waals surface area contributed by atoms with Crippen LogP contribution < -0.4 is 0 Å². The van der Waals surface area contributed by atoms with E-state index in [1.54, 1.807) is 48.6 Å². The summed E-state index contributed by atoms with van der Waals surface area (Å²) >= 11 is 0. The third kappa shape index (κ3) is 2.77. The molecule has 1 atom stereocenters. The predicted molar refractivity (Wildman–Crippen MR) is 58.2 cm³/mol. The number of allylic oxidation sites excluding steroid dienone is 2. The molecule has 1 aliphatic carbocycles. The fourth-order valence-corrected chi connectivity index (χ4v) is 1.88. The first-order chi connectivity index (χ1) is 8.02. The molecule has 1 aromatic rings. The third-order valence-electron chi connectivity index (χ3n) is 2.59. The van der Waals surface area contributed by atoms with E-state index in [4.69, 9.17) is 0 Å². The van der Waals surface area contributed by atoms with Crippen molar-refractivity contribution in [3.63, 3.8) is 0 Å². The van der Waals surface area contributed by atoms with E-state index in [-0.39, 0.29) is 6.42 Å². The van der Waals surface area contributed by atoms with Crippen LogP contribution in [0.4, 0.5) is 13.2 Å². The van der Waals surface area contributed by atoms with Crippen molar-refractivity contribution in [3.05, 3.63) is 60.2 Å². The summed E-state index contributed by atoms with van der Waals surface area (Å²) in [4.78, 5) is 0. The summed E-state index contributed by atoms with van der Waals surface area (Å²) in [6.07, 6.45) is 1.90. The Labute approximate surface area is 97.2 Å². The largest absolute Gasteiger partial charge is 0.523 e. The summed E-state index contributed by atoms with van der Waals surface area (Å²) in [6.45, 7) is 0. The molecule has 0 spiro atoms. The Morgan fingerprint density at radius 2 is 1.76 bits per heavy atom. The molecule has 0 N–H and O–H groups in total. The molecule has 0 radical (unpaired) electrons. The standard InChI is InChI=1S/C13H11F3O/c14-13(15,16)17-12(9-5-2-6-10-12)11-7-3-1-4-8-11/h1-9H,10H2. The summed E-state index contributed by atoms with van der Waals surface area (Å²) < 4.78 is 41.8. The molecule has 0 amide bonds. The lowest BCUT2D eigenvalue weighted by molar-refractivity contribution is -0.361. The van der Waals surface area contributed by atoms with E-state index in [1.165, 1.54) is 6.08 Å². The number of halogens is 3. The topological polar surface area (TPSA) is 9.23 Å². The minimum absolute atomic E-state index is 0.174. The van der Waals surface area contributed by atoms with Crippen LogP contribution in [0.25, 0.3) is 0 Å². The highest BCUT2D eigenvalue weighted by Crippen LogP contribution is 2.39.